The number of aliphatic hydroxyl groups is 2. The number of rotatable bonds is 1. The van der Waals surface area contributed by atoms with Crippen molar-refractivity contribution in [3.63, 3.8) is 0 Å². The van der Waals surface area contributed by atoms with E-state index in [-0.39, 0.29) is 18.6 Å². The van der Waals surface area contributed by atoms with E-state index in [4.69, 9.17) is 10.2 Å². The van der Waals surface area contributed by atoms with E-state index < -0.39 is 0 Å². The first-order valence-corrected chi connectivity index (χ1v) is 6.17. The van der Waals surface area contributed by atoms with Crippen LogP contribution in [0.5, 0.6) is 0 Å². The molecule has 3 rings (SSSR count). The molecule has 0 amide bonds. The van der Waals surface area contributed by atoms with Crippen LogP contribution in [-0.4, -0.2) is 22.9 Å². The van der Waals surface area contributed by atoms with Gasteiger partial charge in [-0.15, -0.1) is 0 Å². The number of aliphatic hydroxyl groups excluding tert-OH is 2. The Kier molecular flexibility index (Phi) is 3.97. The van der Waals surface area contributed by atoms with Crippen LogP contribution < -0.4 is 0 Å². The first-order chi connectivity index (χ1) is 7.81. The molecule has 2 aliphatic carbocycles. The minimum atomic E-state index is -0.222. The molecular weight excluding hydrogens is 200 g/mol. The maximum atomic E-state index is 9.03. The van der Waals surface area contributed by atoms with Crippen molar-refractivity contribution in [3.05, 3.63) is 35.4 Å². The molecule has 0 spiro atoms. The molecule has 0 aromatic heterocycles. The van der Waals surface area contributed by atoms with Gasteiger partial charge in [0, 0.05) is 12.5 Å². The van der Waals surface area contributed by atoms with Crippen LogP contribution in [0, 0.1) is 5.92 Å². The zero-order chi connectivity index (χ0) is 11.4. The third-order valence-corrected chi connectivity index (χ3v) is 3.64. The minimum Gasteiger partial charge on any atom is -0.396 e. The molecule has 16 heavy (non-hydrogen) atoms. The van der Waals surface area contributed by atoms with Crippen molar-refractivity contribution in [2.24, 2.45) is 5.92 Å². The molecule has 2 atom stereocenters. The fourth-order valence-corrected chi connectivity index (χ4v) is 2.37. The number of benzene rings is 1. The standard InChI is InChI=1S/C8H8.C6H12O2/c1-2-4-8-6-5-7(8)3-1;7-4-5-2-1-3-6(5)8/h1-4H,5-6H2;5-8H,1-4H2. The van der Waals surface area contributed by atoms with Gasteiger partial charge in [-0.25, -0.2) is 0 Å². The van der Waals surface area contributed by atoms with Crippen LogP contribution in [0.15, 0.2) is 24.3 Å². The average molecular weight is 220 g/mol. The fraction of sp³-hybridized carbons (Fsp3) is 0.571. The number of hydrogen-bond acceptors (Lipinski definition) is 2. The van der Waals surface area contributed by atoms with Crippen molar-refractivity contribution >= 4 is 0 Å². The maximum Gasteiger partial charge on any atom is 0.0590 e. The van der Waals surface area contributed by atoms with Gasteiger partial charge in [0.05, 0.1) is 6.10 Å². The molecule has 0 bridgehead atoms. The number of aryl methyl sites for hydroxylation is 2. The Morgan fingerprint density at radius 2 is 1.69 bits per heavy atom. The van der Waals surface area contributed by atoms with E-state index in [2.05, 4.69) is 24.3 Å². The van der Waals surface area contributed by atoms with Crippen LogP contribution in [0.3, 0.4) is 0 Å². The van der Waals surface area contributed by atoms with E-state index in [1.807, 2.05) is 0 Å². The van der Waals surface area contributed by atoms with Crippen LogP contribution in [0.2, 0.25) is 0 Å². The van der Waals surface area contributed by atoms with Gasteiger partial charge in [0.25, 0.3) is 0 Å². The van der Waals surface area contributed by atoms with Gasteiger partial charge in [-0.2, -0.15) is 0 Å². The molecule has 0 heterocycles. The molecule has 2 heteroatoms. The van der Waals surface area contributed by atoms with Gasteiger partial charge in [0.1, 0.15) is 0 Å². The topological polar surface area (TPSA) is 40.5 Å². The summed E-state index contributed by atoms with van der Waals surface area (Å²) in [7, 11) is 0. The summed E-state index contributed by atoms with van der Waals surface area (Å²) in [5.41, 5.74) is 3.10. The van der Waals surface area contributed by atoms with Gasteiger partial charge in [-0.1, -0.05) is 30.7 Å². The maximum absolute atomic E-state index is 9.03. The smallest absolute Gasteiger partial charge is 0.0590 e. The average Bonchev–Trinajstić information content (AvgIpc) is 2.67. The molecule has 1 fully saturated rings. The Bertz CT molecular complexity index is 312. The van der Waals surface area contributed by atoms with Crippen LogP contribution in [-0.2, 0) is 12.8 Å². The van der Waals surface area contributed by atoms with Crippen molar-refractivity contribution in [3.8, 4) is 0 Å². The van der Waals surface area contributed by atoms with Gasteiger partial charge in [0.15, 0.2) is 0 Å². The monoisotopic (exact) mass is 220 g/mol. The second-order valence-corrected chi connectivity index (χ2v) is 4.71. The normalized spacial score (nSPS) is 26.4. The van der Waals surface area contributed by atoms with Crippen molar-refractivity contribution in [1.29, 1.82) is 0 Å². The van der Waals surface area contributed by atoms with Crippen molar-refractivity contribution < 1.29 is 10.2 Å². The van der Waals surface area contributed by atoms with Crippen molar-refractivity contribution in [1.82, 2.24) is 0 Å². The van der Waals surface area contributed by atoms with E-state index >= 15 is 0 Å². The summed E-state index contributed by atoms with van der Waals surface area (Å²) >= 11 is 0. The summed E-state index contributed by atoms with van der Waals surface area (Å²) in [6, 6.07) is 8.63. The predicted octanol–water partition coefficient (Wildman–Crippen LogP) is 1.92. The quantitative estimate of drug-likeness (QED) is 0.759. The van der Waals surface area contributed by atoms with E-state index in [0.717, 1.165) is 19.3 Å². The molecule has 2 unspecified atom stereocenters. The Morgan fingerprint density at radius 1 is 1.06 bits per heavy atom. The lowest BCUT2D eigenvalue weighted by molar-refractivity contribution is 0.0909. The van der Waals surface area contributed by atoms with Crippen LogP contribution in [0.25, 0.3) is 0 Å². The molecular formula is C14H20O2. The third-order valence-electron chi connectivity index (χ3n) is 3.64. The molecule has 1 saturated carbocycles. The summed E-state index contributed by atoms with van der Waals surface area (Å²) in [5, 5.41) is 17.6. The number of hydrogen-bond donors (Lipinski definition) is 2. The highest BCUT2D eigenvalue weighted by Crippen LogP contribution is 2.24. The Labute approximate surface area is 96.9 Å². The highest BCUT2D eigenvalue weighted by atomic mass is 16.3. The van der Waals surface area contributed by atoms with Crippen LogP contribution >= 0.6 is 0 Å². The van der Waals surface area contributed by atoms with E-state index in [1.54, 1.807) is 11.1 Å². The first-order valence-electron chi connectivity index (χ1n) is 6.17. The summed E-state index contributed by atoms with van der Waals surface area (Å²) < 4.78 is 0. The molecule has 2 N–H and O–H groups in total. The second kappa shape index (κ2) is 5.46. The SMILES string of the molecule is OCC1CCCC1O.c1ccc2c(c1)CC2. The van der Waals surface area contributed by atoms with E-state index in [9.17, 15) is 0 Å². The lowest BCUT2D eigenvalue weighted by Gasteiger charge is -2.16. The molecule has 0 radical (unpaired) electrons. The molecule has 2 nitrogen and oxygen atoms in total. The molecule has 2 aliphatic rings. The predicted molar refractivity (Wildman–Crippen MR) is 64.3 cm³/mol. The second-order valence-electron chi connectivity index (χ2n) is 4.71. The highest BCUT2D eigenvalue weighted by Gasteiger charge is 2.23. The van der Waals surface area contributed by atoms with Gasteiger partial charge < -0.3 is 10.2 Å². The number of fused-ring (bicyclic) bond motifs is 1. The Morgan fingerprint density at radius 3 is 1.94 bits per heavy atom. The van der Waals surface area contributed by atoms with Gasteiger partial charge in [-0.05, 0) is 36.8 Å². The summed E-state index contributed by atoms with van der Waals surface area (Å²) in [4.78, 5) is 0. The summed E-state index contributed by atoms with van der Waals surface area (Å²) in [6.07, 6.45) is 5.33. The van der Waals surface area contributed by atoms with Gasteiger partial charge in [0.2, 0.25) is 0 Å². The third kappa shape index (κ3) is 2.63. The van der Waals surface area contributed by atoms with Gasteiger partial charge in [-0.3, -0.25) is 0 Å². The zero-order valence-corrected chi connectivity index (χ0v) is 9.60. The molecule has 0 aliphatic heterocycles. The summed E-state index contributed by atoms with van der Waals surface area (Å²) in [5.74, 6) is 0.176. The van der Waals surface area contributed by atoms with Crippen molar-refractivity contribution in [2.45, 2.75) is 38.2 Å². The molecule has 88 valence electrons. The van der Waals surface area contributed by atoms with E-state index in [1.165, 1.54) is 12.8 Å². The lowest BCUT2D eigenvalue weighted by atomic mass is 9.89. The van der Waals surface area contributed by atoms with E-state index in [0.29, 0.717) is 0 Å². The lowest BCUT2D eigenvalue weighted by Crippen LogP contribution is -2.16. The van der Waals surface area contributed by atoms with Crippen LogP contribution in [0.4, 0.5) is 0 Å². The first kappa shape index (κ1) is 11.6. The molecule has 1 aromatic rings. The van der Waals surface area contributed by atoms with Crippen LogP contribution in [0.1, 0.15) is 30.4 Å². The highest BCUT2D eigenvalue weighted by molar-refractivity contribution is 5.34. The zero-order valence-electron chi connectivity index (χ0n) is 9.60. The minimum absolute atomic E-state index is 0.154. The molecule has 1 aromatic carbocycles. The Balaban J connectivity index is 0.000000120. The Hall–Kier alpha value is -0.860. The molecule has 0 saturated heterocycles. The largest absolute Gasteiger partial charge is 0.396 e. The summed E-state index contributed by atoms with van der Waals surface area (Å²) in [6.45, 7) is 0.154. The van der Waals surface area contributed by atoms with Crippen molar-refractivity contribution in [2.75, 3.05) is 6.61 Å². The van der Waals surface area contributed by atoms with Gasteiger partial charge >= 0.3 is 0 Å². The fourth-order valence-electron chi connectivity index (χ4n) is 2.37.